The number of amides is 1. The van der Waals surface area contributed by atoms with E-state index in [0.29, 0.717) is 11.6 Å². The van der Waals surface area contributed by atoms with E-state index in [4.69, 9.17) is 0 Å². The van der Waals surface area contributed by atoms with Crippen LogP contribution in [-0.4, -0.2) is 49.0 Å². The van der Waals surface area contributed by atoms with Crippen LogP contribution in [0.4, 0.5) is 5.69 Å². The maximum Gasteiger partial charge on any atom is 0.253 e. The number of carbonyl (C=O) groups excluding carboxylic acids is 1. The van der Waals surface area contributed by atoms with Crippen LogP contribution in [-0.2, 0) is 0 Å². The molecule has 1 aliphatic rings. The second kappa shape index (κ2) is 8.73. The summed E-state index contributed by atoms with van der Waals surface area (Å²) < 4.78 is 0. The lowest BCUT2D eigenvalue weighted by molar-refractivity contribution is 0.0927. The number of nitrogens with zero attached hydrogens (tertiary/aromatic N) is 2. The van der Waals surface area contributed by atoms with E-state index in [2.05, 4.69) is 34.6 Å². The zero-order valence-corrected chi connectivity index (χ0v) is 13.8. The highest BCUT2D eigenvalue weighted by Gasteiger charge is 2.16. The SMILES string of the molecule is CN(C)CCCNc1cncc(C(=O)NC2CCCCC2)c1. The molecule has 0 atom stereocenters. The molecule has 1 aromatic rings. The zero-order valence-electron chi connectivity index (χ0n) is 13.8. The fraction of sp³-hybridized carbons (Fsp3) is 0.647. The molecule has 1 amide bonds. The number of nitrogens with one attached hydrogen (secondary N) is 2. The van der Waals surface area contributed by atoms with Gasteiger partial charge in [0.2, 0.25) is 0 Å². The Morgan fingerprint density at radius 1 is 1.27 bits per heavy atom. The summed E-state index contributed by atoms with van der Waals surface area (Å²) in [5.41, 5.74) is 1.55. The number of anilines is 1. The molecule has 0 aromatic carbocycles. The molecule has 0 unspecified atom stereocenters. The number of hydrogen-bond acceptors (Lipinski definition) is 4. The van der Waals surface area contributed by atoms with Gasteiger partial charge in [-0.25, -0.2) is 0 Å². The second-order valence-electron chi connectivity index (χ2n) is 6.35. The van der Waals surface area contributed by atoms with Gasteiger partial charge >= 0.3 is 0 Å². The van der Waals surface area contributed by atoms with Crippen molar-refractivity contribution in [3.05, 3.63) is 24.0 Å². The van der Waals surface area contributed by atoms with Crippen LogP contribution < -0.4 is 10.6 Å². The van der Waals surface area contributed by atoms with Gasteiger partial charge in [0.25, 0.3) is 5.91 Å². The van der Waals surface area contributed by atoms with Crippen LogP contribution in [0, 0.1) is 0 Å². The van der Waals surface area contributed by atoms with Gasteiger partial charge in [0, 0.05) is 25.0 Å². The fourth-order valence-corrected chi connectivity index (χ4v) is 2.80. The van der Waals surface area contributed by atoms with Crippen LogP contribution >= 0.6 is 0 Å². The Labute approximate surface area is 133 Å². The topological polar surface area (TPSA) is 57.3 Å². The normalized spacial score (nSPS) is 15.8. The van der Waals surface area contributed by atoms with Crippen molar-refractivity contribution in [3.63, 3.8) is 0 Å². The fourth-order valence-electron chi connectivity index (χ4n) is 2.80. The van der Waals surface area contributed by atoms with Gasteiger partial charge in [-0.15, -0.1) is 0 Å². The van der Waals surface area contributed by atoms with E-state index in [0.717, 1.165) is 38.0 Å². The second-order valence-corrected chi connectivity index (χ2v) is 6.35. The van der Waals surface area contributed by atoms with Gasteiger partial charge in [-0.2, -0.15) is 0 Å². The average Bonchev–Trinajstić information content (AvgIpc) is 2.53. The number of rotatable bonds is 7. The summed E-state index contributed by atoms with van der Waals surface area (Å²) in [6.07, 6.45) is 10.4. The third-order valence-corrected chi connectivity index (χ3v) is 4.05. The Balaban J connectivity index is 1.83. The van der Waals surface area contributed by atoms with Crippen molar-refractivity contribution in [1.82, 2.24) is 15.2 Å². The Morgan fingerprint density at radius 3 is 2.77 bits per heavy atom. The van der Waals surface area contributed by atoms with Gasteiger partial charge in [-0.3, -0.25) is 9.78 Å². The summed E-state index contributed by atoms with van der Waals surface area (Å²) in [5, 5.41) is 6.46. The smallest absolute Gasteiger partial charge is 0.253 e. The molecule has 0 aliphatic heterocycles. The van der Waals surface area contributed by atoms with Gasteiger partial charge < -0.3 is 15.5 Å². The average molecular weight is 304 g/mol. The Morgan fingerprint density at radius 2 is 2.05 bits per heavy atom. The first-order chi connectivity index (χ1) is 10.6. The molecule has 1 aliphatic carbocycles. The van der Waals surface area contributed by atoms with Crippen LogP contribution in [0.15, 0.2) is 18.5 Å². The van der Waals surface area contributed by atoms with Gasteiger partial charge in [0.15, 0.2) is 0 Å². The molecule has 1 fully saturated rings. The van der Waals surface area contributed by atoms with Crippen molar-refractivity contribution < 1.29 is 4.79 Å². The minimum absolute atomic E-state index is 0.00339. The molecular formula is C17H28N4O. The summed E-state index contributed by atoms with van der Waals surface area (Å²) in [5.74, 6) is -0.00339. The van der Waals surface area contributed by atoms with Crippen LogP contribution in [0.3, 0.4) is 0 Å². The van der Waals surface area contributed by atoms with E-state index in [1.54, 1.807) is 12.4 Å². The summed E-state index contributed by atoms with van der Waals surface area (Å²) in [6, 6.07) is 2.22. The maximum absolute atomic E-state index is 12.3. The van der Waals surface area contributed by atoms with Crippen LogP contribution in [0.25, 0.3) is 0 Å². The molecule has 1 aromatic heterocycles. The summed E-state index contributed by atoms with van der Waals surface area (Å²) in [6.45, 7) is 1.93. The maximum atomic E-state index is 12.3. The monoisotopic (exact) mass is 304 g/mol. The molecule has 1 heterocycles. The van der Waals surface area contributed by atoms with Gasteiger partial charge in [0.05, 0.1) is 11.3 Å². The van der Waals surface area contributed by atoms with Crippen LogP contribution in [0.2, 0.25) is 0 Å². The molecule has 5 nitrogen and oxygen atoms in total. The highest BCUT2D eigenvalue weighted by Crippen LogP contribution is 2.18. The summed E-state index contributed by atoms with van der Waals surface area (Å²) in [4.78, 5) is 18.6. The third kappa shape index (κ3) is 5.64. The van der Waals surface area contributed by atoms with Crippen molar-refractivity contribution in [2.75, 3.05) is 32.5 Å². The standard InChI is InChI=1S/C17H28N4O/c1-21(2)10-6-9-19-16-11-14(12-18-13-16)17(22)20-15-7-4-3-5-8-15/h11-13,15,19H,3-10H2,1-2H3,(H,20,22). The minimum atomic E-state index is -0.00339. The molecule has 0 saturated heterocycles. The molecular weight excluding hydrogens is 276 g/mol. The molecule has 1 saturated carbocycles. The first-order valence-corrected chi connectivity index (χ1v) is 8.29. The van der Waals surface area contributed by atoms with Crippen molar-refractivity contribution in [3.8, 4) is 0 Å². The third-order valence-electron chi connectivity index (χ3n) is 4.05. The number of pyridine rings is 1. The van der Waals surface area contributed by atoms with Gasteiger partial charge in [-0.1, -0.05) is 19.3 Å². The lowest BCUT2D eigenvalue weighted by Crippen LogP contribution is -2.36. The van der Waals surface area contributed by atoms with E-state index in [9.17, 15) is 4.79 Å². The molecule has 22 heavy (non-hydrogen) atoms. The molecule has 0 spiro atoms. The number of aromatic nitrogens is 1. The van der Waals surface area contributed by atoms with E-state index in [1.807, 2.05) is 6.07 Å². The lowest BCUT2D eigenvalue weighted by Gasteiger charge is -2.22. The number of hydrogen-bond donors (Lipinski definition) is 2. The predicted octanol–water partition coefficient (Wildman–Crippen LogP) is 2.51. The summed E-state index contributed by atoms with van der Waals surface area (Å²) in [7, 11) is 4.13. The van der Waals surface area contributed by atoms with E-state index in [1.165, 1.54) is 19.3 Å². The Kier molecular flexibility index (Phi) is 6.65. The van der Waals surface area contributed by atoms with E-state index >= 15 is 0 Å². The Bertz CT molecular complexity index is 469. The highest BCUT2D eigenvalue weighted by molar-refractivity contribution is 5.94. The quantitative estimate of drug-likeness (QED) is 0.760. The zero-order chi connectivity index (χ0) is 15.8. The molecule has 2 rings (SSSR count). The van der Waals surface area contributed by atoms with Gasteiger partial charge in [-0.05, 0) is 46.0 Å². The molecule has 0 bridgehead atoms. The van der Waals surface area contributed by atoms with Gasteiger partial charge in [0.1, 0.15) is 0 Å². The van der Waals surface area contributed by atoms with Crippen molar-refractivity contribution in [2.45, 2.75) is 44.6 Å². The first-order valence-electron chi connectivity index (χ1n) is 8.29. The van der Waals surface area contributed by atoms with Crippen molar-refractivity contribution >= 4 is 11.6 Å². The molecule has 0 radical (unpaired) electrons. The largest absolute Gasteiger partial charge is 0.384 e. The minimum Gasteiger partial charge on any atom is -0.384 e. The van der Waals surface area contributed by atoms with E-state index in [-0.39, 0.29) is 5.91 Å². The Hall–Kier alpha value is -1.62. The highest BCUT2D eigenvalue weighted by atomic mass is 16.1. The van der Waals surface area contributed by atoms with E-state index < -0.39 is 0 Å². The molecule has 122 valence electrons. The van der Waals surface area contributed by atoms with Crippen molar-refractivity contribution in [1.29, 1.82) is 0 Å². The lowest BCUT2D eigenvalue weighted by atomic mass is 9.95. The molecule has 5 heteroatoms. The van der Waals surface area contributed by atoms with Crippen LogP contribution in [0.5, 0.6) is 0 Å². The first kappa shape index (κ1) is 16.7. The molecule has 2 N–H and O–H groups in total. The van der Waals surface area contributed by atoms with Crippen molar-refractivity contribution in [2.24, 2.45) is 0 Å². The number of carbonyl (C=O) groups is 1. The summed E-state index contributed by atoms with van der Waals surface area (Å²) >= 11 is 0. The van der Waals surface area contributed by atoms with Crippen LogP contribution in [0.1, 0.15) is 48.9 Å². The predicted molar refractivity (Wildman–Crippen MR) is 90.2 cm³/mol.